The second kappa shape index (κ2) is 5.24. The molecule has 0 saturated heterocycles. The molecule has 0 atom stereocenters. The maximum Gasteiger partial charge on any atom is 0.101 e. The Morgan fingerprint density at radius 2 is 1.89 bits per heavy atom. The summed E-state index contributed by atoms with van der Waals surface area (Å²) in [4.78, 5) is 0. The second-order valence-corrected chi connectivity index (χ2v) is 4.05. The zero-order chi connectivity index (χ0) is 13.0. The SMILES string of the molecule is CCc1ccc(Nc2cccc(C#N)c2N)cc1. The van der Waals surface area contributed by atoms with Gasteiger partial charge in [0, 0.05) is 5.69 Å². The Morgan fingerprint density at radius 3 is 2.50 bits per heavy atom. The van der Waals surface area contributed by atoms with E-state index in [0.29, 0.717) is 11.3 Å². The third-order valence-corrected chi connectivity index (χ3v) is 2.87. The van der Waals surface area contributed by atoms with Gasteiger partial charge in [-0.15, -0.1) is 0 Å². The average Bonchev–Trinajstić information content (AvgIpc) is 2.42. The first kappa shape index (κ1) is 12.0. The normalized spacial score (nSPS) is 9.78. The van der Waals surface area contributed by atoms with Gasteiger partial charge in [0.15, 0.2) is 0 Å². The lowest BCUT2D eigenvalue weighted by Gasteiger charge is -2.10. The summed E-state index contributed by atoms with van der Waals surface area (Å²) in [5.41, 5.74) is 9.91. The van der Waals surface area contributed by atoms with Crippen molar-refractivity contribution in [1.82, 2.24) is 0 Å². The van der Waals surface area contributed by atoms with Crippen molar-refractivity contribution < 1.29 is 0 Å². The summed E-state index contributed by atoms with van der Waals surface area (Å²) in [5, 5.41) is 12.1. The Kier molecular flexibility index (Phi) is 3.49. The Morgan fingerprint density at radius 1 is 1.17 bits per heavy atom. The molecule has 0 fully saturated rings. The largest absolute Gasteiger partial charge is 0.396 e. The molecule has 0 aliphatic heterocycles. The van der Waals surface area contributed by atoms with Crippen molar-refractivity contribution in [3.63, 3.8) is 0 Å². The Bertz CT molecular complexity index is 580. The highest BCUT2D eigenvalue weighted by Crippen LogP contribution is 2.25. The predicted molar refractivity (Wildman–Crippen MR) is 74.7 cm³/mol. The number of nitrogens with zero attached hydrogens (tertiary/aromatic N) is 1. The third kappa shape index (κ3) is 2.44. The van der Waals surface area contributed by atoms with Crippen molar-refractivity contribution in [3.05, 3.63) is 53.6 Å². The van der Waals surface area contributed by atoms with E-state index in [1.54, 1.807) is 6.07 Å². The molecule has 0 radical (unpaired) electrons. The van der Waals surface area contributed by atoms with Crippen LogP contribution < -0.4 is 11.1 Å². The Hall–Kier alpha value is -2.47. The Balaban J connectivity index is 2.26. The lowest BCUT2D eigenvalue weighted by Crippen LogP contribution is -1.98. The summed E-state index contributed by atoms with van der Waals surface area (Å²) < 4.78 is 0. The molecule has 0 bridgehead atoms. The molecule has 0 spiro atoms. The van der Waals surface area contributed by atoms with Gasteiger partial charge in [0.05, 0.1) is 16.9 Å². The number of rotatable bonds is 3. The number of aryl methyl sites for hydroxylation is 1. The van der Waals surface area contributed by atoms with E-state index in [0.717, 1.165) is 17.8 Å². The average molecular weight is 237 g/mol. The molecule has 2 aromatic rings. The monoisotopic (exact) mass is 237 g/mol. The number of anilines is 3. The fourth-order valence-electron chi connectivity index (χ4n) is 1.75. The first-order valence-corrected chi connectivity index (χ1v) is 5.89. The molecule has 3 heteroatoms. The molecule has 3 N–H and O–H groups in total. The van der Waals surface area contributed by atoms with E-state index in [-0.39, 0.29) is 0 Å². The summed E-state index contributed by atoms with van der Waals surface area (Å²) >= 11 is 0. The molecule has 2 rings (SSSR count). The number of nitriles is 1. The van der Waals surface area contributed by atoms with Crippen LogP contribution in [0.4, 0.5) is 17.1 Å². The van der Waals surface area contributed by atoms with Gasteiger partial charge in [-0.05, 0) is 36.2 Å². The van der Waals surface area contributed by atoms with Crippen LogP contribution in [0.3, 0.4) is 0 Å². The van der Waals surface area contributed by atoms with Crippen LogP contribution in [0.15, 0.2) is 42.5 Å². The number of nitrogens with one attached hydrogen (secondary N) is 1. The molecule has 90 valence electrons. The third-order valence-electron chi connectivity index (χ3n) is 2.87. The first-order chi connectivity index (χ1) is 8.74. The quantitative estimate of drug-likeness (QED) is 0.804. The number of para-hydroxylation sites is 1. The minimum atomic E-state index is 0.486. The number of nitrogen functional groups attached to an aromatic ring is 1. The Labute approximate surface area is 107 Å². The summed E-state index contributed by atoms with van der Waals surface area (Å²) in [6, 6.07) is 15.6. The zero-order valence-electron chi connectivity index (χ0n) is 10.3. The highest BCUT2D eigenvalue weighted by atomic mass is 14.9. The summed E-state index contributed by atoms with van der Waals surface area (Å²) in [6.07, 6.45) is 1.02. The van der Waals surface area contributed by atoms with Gasteiger partial charge in [-0.2, -0.15) is 5.26 Å². The maximum absolute atomic E-state index is 8.92. The fourth-order valence-corrected chi connectivity index (χ4v) is 1.75. The second-order valence-electron chi connectivity index (χ2n) is 4.05. The van der Waals surface area contributed by atoms with E-state index in [2.05, 4.69) is 30.4 Å². The topological polar surface area (TPSA) is 61.8 Å². The number of hydrogen-bond donors (Lipinski definition) is 2. The van der Waals surface area contributed by atoms with Crippen LogP contribution in [0.2, 0.25) is 0 Å². The van der Waals surface area contributed by atoms with E-state index in [9.17, 15) is 0 Å². The maximum atomic E-state index is 8.92. The van der Waals surface area contributed by atoms with Gasteiger partial charge in [-0.3, -0.25) is 0 Å². The fraction of sp³-hybridized carbons (Fsp3) is 0.133. The minimum absolute atomic E-state index is 0.486. The van der Waals surface area contributed by atoms with Crippen molar-refractivity contribution in [2.24, 2.45) is 0 Å². The number of nitrogens with two attached hydrogens (primary N) is 1. The van der Waals surface area contributed by atoms with E-state index in [1.165, 1.54) is 5.56 Å². The predicted octanol–water partition coefficient (Wildman–Crippen LogP) is 3.45. The van der Waals surface area contributed by atoms with Crippen LogP contribution in [-0.2, 0) is 6.42 Å². The summed E-state index contributed by atoms with van der Waals surface area (Å²) in [7, 11) is 0. The van der Waals surface area contributed by atoms with Crippen LogP contribution in [0.25, 0.3) is 0 Å². The van der Waals surface area contributed by atoms with Gasteiger partial charge in [0.1, 0.15) is 6.07 Å². The van der Waals surface area contributed by atoms with Gasteiger partial charge < -0.3 is 11.1 Å². The number of benzene rings is 2. The van der Waals surface area contributed by atoms with Gasteiger partial charge >= 0.3 is 0 Å². The lowest BCUT2D eigenvalue weighted by molar-refractivity contribution is 1.14. The van der Waals surface area contributed by atoms with Gasteiger partial charge in [-0.1, -0.05) is 25.1 Å². The van der Waals surface area contributed by atoms with E-state index in [1.807, 2.05) is 24.3 Å². The van der Waals surface area contributed by atoms with E-state index in [4.69, 9.17) is 11.0 Å². The molecular formula is C15H15N3. The molecule has 3 nitrogen and oxygen atoms in total. The molecule has 0 aliphatic carbocycles. The molecule has 0 aromatic heterocycles. The molecule has 2 aromatic carbocycles. The van der Waals surface area contributed by atoms with Gasteiger partial charge in [-0.25, -0.2) is 0 Å². The summed E-state index contributed by atoms with van der Waals surface area (Å²) in [6.45, 7) is 2.12. The smallest absolute Gasteiger partial charge is 0.101 e. The van der Waals surface area contributed by atoms with Crippen molar-refractivity contribution in [1.29, 1.82) is 5.26 Å². The molecular weight excluding hydrogens is 222 g/mol. The van der Waals surface area contributed by atoms with E-state index < -0.39 is 0 Å². The van der Waals surface area contributed by atoms with Crippen LogP contribution in [0.1, 0.15) is 18.1 Å². The number of hydrogen-bond acceptors (Lipinski definition) is 3. The first-order valence-electron chi connectivity index (χ1n) is 5.89. The van der Waals surface area contributed by atoms with Crippen LogP contribution in [-0.4, -0.2) is 0 Å². The van der Waals surface area contributed by atoms with E-state index >= 15 is 0 Å². The molecule has 0 amide bonds. The van der Waals surface area contributed by atoms with Crippen molar-refractivity contribution >= 4 is 17.1 Å². The summed E-state index contributed by atoms with van der Waals surface area (Å²) in [5.74, 6) is 0. The molecule has 18 heavy (non-hydrogen) atoms. The van der Waals surface area contributed by atoms with Crippen molar-refractivity contribution in [2.45, 2.75) is 13.3 Å². The van der Waals surface area contributed by atoms with Crippen LogP contribution >= 0.6 is 0 Å². The van der Waals surface area contributed by atoms with Gasteiger partial charge in [0.2, 0.25) is 0 Å². The molecule has 0 heterocycles. The minimum Gasteiger partial charge on any atom is -0.396 e. The van der Waals surface area contributed by atoms with Gasteiger partial charge in [0.25, 0.3) is 0 Å². The lowest BCUT2D eigenvalue weighted by atomic mass is 10.1. The van der Waals surface area contributed by atoms with Crippen molar-refractivity contribution in [3.8, 4) is 6.07 Å². The van der Waals surface area contributed by atoms with Crippen LogP contribution in [0.5, 0.6) is 0 Å². The highest BCUT2D eigenvalue weighted by Gasteiger charge is 2.04. The van der Waals surface area contributed by atoms with Crippen molar-refractivity contribution in [2.75, 3.05) is 11.1 Å². The van der Waals surface area contributed by atoms with Crippen LogP contribution in [0, 0.1) is 11.3 Å². The molecule has 0 aliphatic rings. The standard InChI is InChI=1S/C15H15N3/c1-2-11-6-8-13(9-7-11)18-14-5-3-4-12(10-16)15(14)17/h3-9,18H,2,17H2,1H3. The molecule has 0 saturated carbocycles. The highest BCUT2D eigenvalue weighted by molar-refractivity contribution is 5.77. The zero-order valence-corrected chi connectivity index (χ0v) is 10.3. The molecule has 0 unspecified atom stereocenters.